The molecule has 0 spiro atoms. The van der Waals surface area contributed by atoms with Crippen molar-refractivity contribution in [1.82, 2.24) is 0 Å². The first-order valence-electron chi connectivity index (χ1n) is 9.36. The zero-order valence-electron chi connectivity index (χ0n) is 14.6. The fourth-order valence-corrected chi connectivity index (χ4v) is 5.88. The smallest absolute Gasteiger partial charge is 0.0346 e. The summed E-state index contributed by atoms with van der Waals surface area (Å²) in [6.45, 7) is 4.29. The first kappa shape index (κ1) is 14.4. The maximum Gasteiger partial charge on any atom is 0.0346 e. The van der Waals surface area contributed by atoms with Gasteiger partial charge in [0.2, 0.25) is 0 Å². The van der Waals surface area contributed by atoms with Gasteiger partial charge in [-0.2, -0.15) is 0 Å². The first-order chi connectivity index (χ1) is 11.6. The topological polar surface area (TPSA) is 52.0 Å². The van der Waals surface area contributed by atoms with Crippen LogP contribution in [0.2, 0.25) is 0 Å². The van der Waals surface area contributed by atoms with Crippen molar-refractivity contribution in [2.75, 3.05) is 11.5 Å². The maximum absolute atomic E-state index is 6.29. The zero-order valence-corrected chi connectivity index (χ0v) is 14.6. The van der Waals surface area contributed by atoms with Gasteiger partial charge in [0.05, 0.1) is 0 Å². The number of nitrogen functional groups attached to an aromatic ring is 2. The summed E-state index contributed by atoms with van der Waals surface area (Å²) in [6.07, 6.45) is 5.48. The van der Waals surface area contributed by atoms with Gasteiger partial charge in [0.1, 0.15) is 0 Å². The van der Waals surface area contributed by atoms with Crippen LogP contribution in [-0.4, -0.2) is 0 Å². The predicted molar refractivity (Wildman–Crippen MR) is 100 cm³/mol. The molecule has 2 nitrogen and oxygen atoms in total. The fourth-order valence-electron chi connectivity index (χ4n) is 5.88. The van der Waals surface area contributed by atoms with Gasteiger partial charge < -0.3 is 11.5 Å². The van der Waals surface area contributed by atoms with Crippen molar-refractivity contribution < 1.29 is 0 Å². The van der Waals surface area contributed by atoms with Crippen LogP contribution >= 0.6 is 0 Å². The Labute approximate surface area is 144 Å². The van der Waals surface area contributed by atoms with Crippen LogP contribution in [0.5, 0.6) is 0 Å². The Kier molecular flexibility index (Phi) is 2.87. The van der Waals surface area contributed by atoms with E-state index in [2.05, 4.69) is 38.1 Å². The van der Waals surface area contributed by atoms with Crippen molar-refractivity contribution in [3.05, 3.63) is 57.6 Å². The molecule has 2 bridgehead atoms. The van der Waals surface area contributed by atoms with E-state index in [0.717, 1.165) is 23.2 Å². The molecule has 2 heteroatoms. The number of rotatable bonds is 0. The highest BCUT2D eigenvalue weighted by Crippen LogP contribution is 2.62. The molecule has 2 aromatic rings. The maximum atomic E-state index is 6.29. The summed E-state index contributed by atoms with van der Waals surface area (Å²) < 4.78 is 0. The van der Waals surface area contributed by atoms with Gasteiger partial charge in [-0.25, -0.2) is 0 Å². The summed E-state index contributed by atoms with van der Waals surface area (Å²) >= 11 is 0. The zero-order chi connectivity index (χ0) is 16.6. The van der Waals surface area contributed by atoms with Crippen LogP contribution in [0.15, 0.2) is 24.3 Å². The van der Waals surface area contributed by atoms with Gasteiger partial charge in [-0.05, 0) is 84.0 Å². The van der Waals surface area contributed by atoms with Gasteiger partial charge >= 0.3 is 0 Å². The predicted octanol–water partition coefficient (Wildman–Crippen LogP) is 4.87. The number of anilines is 2. The molecule has 0 heterocycles. The van der Waals surface area contributed by atoms with Crippen molar-refractivity contribution in [2.45, 2.75) is 51.4 Å². The number of aryl methyl sites for hydroxylation is 2. The molecule has 2 aromatic carbocycles. The highest BCUT2D eigenvalue weighted by Gasteiger charge is 2.50. The Morgan fingerprint density at radius 2 is 1.04 bits per heavy atom. The van der Waals surface area contributed by atoms with Crippen LogP contribution in [0.1, 0.15) is 70.9 Å². The minimum atomic E-state index is 0.496. The van der Waals surface area contributed by atoms with Crippen LogP contribution < -0.4 is 11.5 Å². The largest absolute Gasteiger partial charge is 0.399 e. The second kappa shape index (κ2) is 4.78. The van der Waals surface area contributed by atoms with Crippen molar-refractivity contribution in [3.8, 4) is 0 Å². The van der Waals surface area contributed by atoms with Crippen LogP contribution in [-0.2, 0) is 0 Å². The summed E-state index contributed by atoms with van der Waals surface area (Å²) in [5, 5.41) is 0. The summed E-state index contributed by atoms with van der Waals surface area (Å²) in [4.78, 5) is 0. The van der Waals surface area contributed by atoms with E-state index in [9.17, 15) is 0 Å². The molecule has 124 valence electrons. The average Bonchev–Trinajstić information content (AvgIpc) is 2.57. The Bertz CT molecular complexity index is 722. The normalized spacial score (nSPS) is 29.8. The van der Waals surface area contributed by atoms with Gasteiger partial charge in [0.15, 0.2) is 0 Å². The molecule has 4 N–H and O–H groups in total. The molecular weight excluding hydrogens is 292 g/mol. The SMILES string of the molecule is Cc1cc2c(cc1N)C1c3cc(N)c(C)cc3C2C2CCCCC12. The van der Waals surface area contributed by atoms with E-state index in [1.165, 1.54) is 47.9 Å². The molecule has 0 aromatic heterocycles. The third-order valence-electron chi connectivity index (χ3n) is 7.01. The number of benzene rings is 2. The minimum Gasteiger partial charge on any atom is -0.399 e. The van der Waals surface area contributed by atoms with Crippen LogP contribution in [0.3, 0.4) is 0 Å². The monoisotopic (exact) mass is 318 g/mol. The Hall–Kier alpha value is -1.96. The van der Waals surface area contributed by atoms with Gasteiger partial charge in [-0.3, -0.25) is 0 Å². The average molecular weight is 318 g/mol. The summed E-state index contributed by atoms with van der Waals surface area (Å²) in [7, 11) is 0. The van der Waals surface area contributed by atoms with E-state index in [0.29, 0.717) is 11.8 Å². The van der Waals surface area contributed by atoms with E-state index in [4.69, 9.17) is 11.5 Å². The van der Waals surface area contributed by atoms with Gasteiger partial charge in [0, 0.05) is 23.2 Å². The number of hydrogen-bond acceptors (Lipinski definition) is 2. The number of hydrogen-bond donors (Lipinski definition) is 2. The van der Waals surface area contributed by atoms with E-state index in [-0.39, 0.29) is 0 Å². The molecule has 2 atom stereocenters. The number of nitrogens with two attached hydrogens (primary N) is 2. The third-order valence-corrected chi connectivity index (χ3v) is 7.01. The molecule has 0 aliphatic heterocycles. The third kappa shape index (κ3) is 1.72. The Balaban J connectivity index is 1.82. The summed E-state index contributed by atoms with van der Waals surface area (Å²) in [5.41, 5.74) is 23.0. The lowest BCUT2D eigenvalue weighted by molar-refractivity contribution is 0.163. The van der Waals surface area contributed by atoms with Gasteiger partial charge in [0.25, 0.3) is 0 Å². The lowest BCUT2D eigenvalue weighted by Gasteiger charge is -2.53. The van der Waals surface area contributed by atoms with Crippen LogP contribution in [0, 0.1) is 25.7 Å². The molecule has 2 unspecified atom stereocenters. The molecule has 4 aliphatic carbocycles. The van der Waals surface area contributed by atoms with Crippen molar-refractivity contribution >= 4 is 11.4 Å². The molecule has 0 radical (unpaired) electrons. The van der Waals surface area contributed by atoms with Crippen LogP contribution in [0.25, 0.3) is 0 Å². The van der Waals surface area contributed by atoms with E-state index >= 15 is 0 Å². The molecule has 4 aliphatic rings. The molecular formula is C22H26N2. The van der Waals surface area contributed by atoms with Gasteiger partial charge in [-0.1, -0.05) is 25.0 Å². The molecule has 6 rings (SSSR count). The quantitative estimate of drug-likeness (QED) is 0.681. The molecule has 1 fully saturated rings. The second-order valence-corrected chi connectivity index (χ2v) is 8.24. The lowest BCUT2D eigenvalue weighted by atomic mass is 9.51. The first-order valence-corrected chi connectivity index (χ1v) is 9.36. The summed E-state index contributed by atoms with van der Waals surface area (Å²) in [6, 6.07) is 9.29. The second-order valence-electron chi connectivity index (χ2n) is 8.24. The van der Waals surface area contributed by atoms with E-state index in [1.54, 1.807) is 11.1 Å². The van der Waals surface area contributed by atoms with Crippen molar-refractivity contribution in [3.63, 3.8) is 0 Å². The molecule has 1 saturated carbocycles. The minimum absolute atomic E-state index is 0.496. The van der Waals surface area contributed by atoms with E-state index in [1.807, 2.05) is 0 Å². The van der Waals surface area contributed by atoms with Crippen molar-refractivity contribution in [1.29, 1.82) is 0 Å². The fraction of sp³-hybridized carbons (Fsp3) is 0.455. The Morgan fingerprint density at radius 3 is 1.46 bits per heavy atom. The van der Waals surface area contributed by atoms with Gasteiger partial charge in [-0.15, -0.1) is 0 Å². The standard InChI is InChI=1S/C22H26N2/c1-11-7-15-17(9-19(11)23)22-14-6-4-3-5-13(14)21(15)16-8-12(2)20(24)10-18(16)22/h7-10,13-14,21-22H,3-6,23-24H2,1-2H3. The highest BCUT2D eigenvalue weighted by atomic mass is 14.6. The van der Waals surface area contributed by atoms with Crippen molar-refractivity contribution in [2.24, 2.45) is 11.8 Å². The Morgan fingerprint density at radius 1 is 0.667 bits per heavy atom. The molecule has 0 saturated heterocycles. The lowest BCUT2D eigenvalue weighted by Crippen LogP contribution is -2.41. The van der Waals surface area contributed by atoms with Crippen LogP contribution in [0.4, 0.5) is 11.4 Å². The van der Waals surface area contributed by atoms with E-state index < -0.39 is 0 Å². The highest BCUT2D eigenvalue weighted by molar-refractivity contribution is 5.66. The summed E-state index contributed by atoms with van der Waals surface area (Å²) in [5.74, 6) is 2.61. The molecule has 24 heavy (non-hydrogen) atoms. The molecule has 0 amide bonds.